The highest BCUT2D eigenvalue weighted by Gasteiger charge is 2.13. The van der Waals surface area contributed by atoms with Gasteiger partial charge in [0.05, 0.1) is 11.8 Å². The molecular weight excluding hydrogens is 289 g/mol. The second kappa shape index (κ2) is 6.41. The minimum atomic E-state index is -0.537. The van der Waals surface area contributed by atoms with E-state index >= 15 is 0 Å². The lowest BCUT2D eigenvalue weighted by Gasteiger charge is -2.17. The second-order valence-corrected chi connectivity index (χ2v) is 5.06. The molecule has 4 nitrogen and oxygen atoms in total. The van der Waals surface area contributed by atoms with Crippen LogP contribution < -0.4 is 5.73 Å². The molecule has 0 saturated carbocycles. The van der Waals surface area contributed by atoms with Crippen LogP contribution in [0.2, 0.25) is 0 Å². The molecule has 0 saturated heterocycles. The zero-order valence-electron chi connectivity index (χ0n) is 11.4. The lowest BCUT2D eigenvalue weighted by atomic mass is 10.1. The van der Waals surface area contributed by atoms with Crippen LogP contribution in [0.4, 0.5) is 4.39 Å². The summed E-state index contributed by atoms with van der Waals surface area (Å²) in [6, 6.07) is 8.50. The van der Waals surface area contributed by atoms with Gasteiger partial charge in [0, 0.05) is 25.4 Å². The van der Waals surface area contributed by atoms with Crippen molar-refractivity contribution in [3.63, 3.8) is 0 Å². The van der Waals surface area contributed by atoms with Crippen molar-refractivity contribution in [2.45, 2.75) is 6.54 Å². The summed E-state index contributed by atoms with van der Waals surface area (Å²) in [5.74, 6) is -0.840. The average Bonchev–Trinajstić information content (AvgIpc) is 2.46. The number of carbonyl (C=O) groups excluding carboxylic acids is 1. The Morgan fingerprint density at radius 3 is 2.76 bits per heavy atom. The van der Waals surface area contributed by atoms with Crippen LogP contribution >= 0.6 is 12.2 Å². The molecule has 108 valence electrons. The maximum absolute atomic E-state index is 13.1. The lowest BCUT2D eigenvalue weighted by molar-refractivity contribution is 0.0784. The molecule has 21 heavy (non-hydrogen) atoms. The molecule has 0 atom stereocenters. The number of amides is 1. The zero-order valence-corrected chi connectivity index (χ0v) is 12.2. The number of carbonyl (C=O) groups is 1. The van der Waals surface area contributed by atoms with Crippen molar-refractivity contribution in [1.82, 2.24) is 9.88 Å². The van der Waals surface area contributed by atoms with Gasteiger partial charge in [-0.2, -0.15) is 0 Å². The highest BCUT2D eigenvalue weighted by Crippen LogP contribution is 2.11. The number of thiocarbonyl (C=S) groups is 1. The van der Waals surface area contributed by atoms with Gasteiger partial charge >= 0.3 is 0 Å². The molecule has 0 aliphatic carbocycles. The molecule has 0 radical (unpaired) electrons. The van der Waals surface area contributed by atoms with Gasteiger partial charge in [-0.1, -0.05) is 30.4 Å². The second-order valence-electron chi connectivity index (χ2n) is 4.62. The first-order chi connectivity index (χ1) is 9.97. The number of halogens is 1. The van der Waals surface area contributed by atoms with Crippen LogP contribution in [-0.2, 0) is 6.54 Å². The lowest BCUT2D eigenvalue weighted by Crippen LogP contribution is -2.26. The Hall–Kier alpha value is -2.34. The molecule has 2 N–H and O–H groups in total. The van der Waals surface area contributed by atoms with E-state index in [4.69, 9.17) is 18.0 Å². The van der Waals surface area contributed by atoms with Crippen LogP contribution in [0.25, 0.3) is 0 Å². The third-order valence-corrected chi connectivity index (χ3v) is 3.17. The number of nitrogens with zero attached hydrogens (tertiary/aromatic N) is 2. The summed E-state index contributed by atoms with van der Waals surface area (Å²) in [6.07, 6.45) is 2.40. The van der Waals surface area contributed by atoms with E-state index in [1.807, 2.05) is 24.3 Å². The molecule has 2 rings (SSSR count). The zero-order chi connectivity index (χ0) is 15.4. The number of nitrogens with two attached hydrogens (primary N) is 1. The molecule has 0 fully saturated rings. The molecule has 0 aliphatic heterocycles. The third kappa shape index (κ3) is 3.82. The Labute approximate surface area is 127 Å². The van der Waals surface area contributed by atoms with E-state index in [0.717, 1.165) is 23.4 Å². The average molecular weight is 303 g/mol. The molecule has 1 aromatic carbocycles. The van der Waals surface area contributed by atoms with Crippen LogP contribution in [-0.4, -0.2) is 27.8 Å². The van der Waals surface area contributed by atoms with Crippen LogP contribution in [0.5, 0.6) is 0 Å². The van der Waals surface area contributed by atoms with E-state index in [-0.39, 0.29) is 11.5 Å². The van der Waals surface area contributed by atoms with Gasteiger partial charge in [0.2, 0.25) is 0 Å². The Bertz CT molecular complexity index is 690. The Morgan fingerprint density at radius 1 is 1.33 bits per heavy atom. The highest BCUT2D eigenvalue weighted by molar-refractivity contribution is 7.80. The van der Waals surface area contributed by atoms with Crippen molar-refractivity contribution in [2.75, 3.05) is 7.05 Å². The van der Waals surface area contributed by atoms with Gasteiger partial charge < -0.3 is 10.6 Å². The predicted octanol–water partition coefficient (Wildman–Crippen LogP) is 2.13. The normalized spacial score (nSPS) is 10.2. The topological polar surface area (TPSA) is 59.2 Å². The number of rotatable bonds is 4. The molecule has 1 aromatic heterocycles. The summed E-state index contributed by atoms with van der Waals surface area (Å²) in [5, 5.41) is 0. The maximum atomic E-state index is 13.1. The molecule has 0 bridgehead atoms. The summed E-state index contributed by atoms with van der Waals surface area (Å²) >= 11 is 4.93. The highest BCUT2D eigenvalue weighted by atomic mass is 32.1. The van der Waals surface area contributed by atoms with Crippen molar-refractivity contribution < 1.29 is 9.18 Å². The number of pyridine rings is 1. The molecule has 2 aromatic rings. The van der Waals surface area contributed by atoms with Gasteiger partial charge in [-0.15, -0.1) is 0 Å². The van der Waals surface area contributed by atoms with Gasteiger partial charge in [0.25, 0.3) is 5.91 Å². The summed E-state index contributed by atoms with van der Waals surface area (Å²) < 4.78 is 13.1. The molecule has 0 aliphatic rings. The van der Waals surface area contributed by atoms with Crippen LogP contribution in [0.15, 0.2) is 42.7 Å². The number of benzene rings is 1. The number of hydrogen-bond acceptors (Lipinski definition) is 3. The van der Waals surface area contributed by atoms with Crippen molar-refractivity contribution in [3.05, 3.63) is 65.2 Å². The Kier molecular flexibility index (Phi) is 4.59. The van der Waals surface area contributed by atoms with Gasteiger partial charge in [0.15, 0.2) is 0 Å². The molecule has 0 spiro atoms. The molecule has 6 heteroatoms. The Balaban J connectivity index is 2.14. The largest absolute Gasteiger partial charge is 0.389 e. The first kappa shape index (κ1) is 15.1. The minimum Gasteiger partial charge on any atom is -0.389 e. The summed E-state index contributed by atoms with van der Waals surface area (Å²) in [5.41, 5.74) is 7.43. The van der Waals surface area contributed by atoms with E-state index in [0.29, 0.717) is 11.5 Å². The van der Waals surface area contributed by atoms with Crippen molar-refractivity contribution >= 4 is 23.1 Å². The standard InChI is InChI=1S/C15H14FN3OS/c1-19(15(20)12-6-13(16)8-18-7-12)9-10-3-2-4-11(5-10)14(17)21/h2-8H,9H2,1H3,(H2,17,21). The van der Waals surface area contributed by atoms with Gasteiger partial charge in [0.1, 0.15) is 10.8 Å². The minimum absolute atomic E-state index is 0.211. The predicted molar refractivity (Wildman–Crippen MR) is 82.3 cm³/mol. The van der Waals surface area contributed by atoms with Crippen LogP contribution in [0.3, 0.4) is 0 Å². The fourth-order valence-corrected chi connectivity index (χ4v) is 2.04. The number of hydrogen-bond donors (Lipinski definition) is 1. The van der Waals surface area contributed by atoms with Gasteiger partial charge in [-0.05, 0) is 17.7 Å². The maximum Gasteiger partial charge on any atom is 0.255 e. The fourth-order valence-electron chi connectivity index (χ4n) is 1.92. The molecular formula is C15H14FN3OS. The van der Waals surface area contributed by atoms with E-state index in [9.17, 15) is 9.18 Å². The van der Waals surface area contributed by atoms with Crippen molar-refractivity contribution in [1.29, 1.82) is 0 Å². The monoisotopic (exact) mass is 303 g/mol. The number of aromatic nitrogens is 1. The van der Waals surface area contributed by atoms with E-state index < -0.39 is 5.82 Å². The van der Waals surface area contributed by atoms with Crippen molar-refractivity contribution in [3.8, 4) is 0 Å². The SMILES string of the molecule is CN(Cc1cccc(C(N)=S)c1)C(=O)c1cncc(F)c1. The molecule has 0 unspecified atom stereocenters. The summed E-state index contributed by atoms with van der Waals surface area (Å²) in [4.78, 5) is 17.7. The third-order valence-electron chi connectivity index (χ3n) is 2.93. The first-order valence-electron chi connectivity index (χ1n) is 6.22. The van der Waals surface area contributed by atoms with Crippen molar-refractivity contribution in [2.24, 2.45) is 5.73 Å². The van der Waals surface area contributed by atoms with Crippen LogP contribution in [0, 0.1) is 5.82 Å². The van der Waals surface area contributed by atoms with E-state index in [1.54, 1.807) is 7.05 Å². The fraction of sp³-hybridized carbons (Fsp3) is 0.133. The van der Waals surface area contributed by atoms with Crippen LogP contribution in [0.1, 0.15) is 21.5 Å². The van der Waals surface area contributed by atoms with Gasteiger partial charge in [-0.3, -0.25) is 9.78 Å². The molecule has 1 amide bonds. The first-order valence-corrected chi connectivity index (χ1v) is 6.63. The van der Waals surface area contributed by atoms with E-state index in [2.05, 4.69) is 4.98 Å². The molecule has 1 heterocycles. The summed E-state index contributed by atoms with van der Waals surface area (Å²) in [6.45, 7) is 0.367. The van der Waals surface area contributed by atoms with Gasteiger partial charge in [-0.25, -0.2) is 4.39 Å². The van der Waals surface area contributed by atoms with E-state index in [1.165, 1.54) is 11.1 Å². The smallest absolute Gasteiger partial charge is 0.255 e. The summed E-state index contributed by atoms with van der Waals surface area (Å²) in [7, 11) is 1.64. The quantitative estimate of drug-likeness (QED) is 0.879. The Morgan fingerprint density at radius 2 is 2.10 bits per heavy atom.